The lowest BCUT2D eigenvalue weighted by Crippen LogP contribution is -2.35. The second kappa shape index (κ2) is 10.4. The second-order valence-corrected chi connectivity index (χ2v) is 8.29. The Hall–Kier alpha value is -4.19. The van der Waals surface area contributed by atoms with Crippen LogP contribution < -0.4 is 5.56 Å². The largest absolute Gasteiger partial charge is 0.502 e. The van der Waals surface area contributed by atoms with Crippen molar-refractivity contribution in [3.63, 3.8) is 0 Å². The molecule has 0 bridgehead atoms. The van der Waals surface area contributed by atoms with E-state index in [9.17, 15) is 9.90 Å². The molecule has 0 aliphatic carbocycles. The van der Waals surface area contributed by atoms with Gasteiger partial charge in [0, 0.05) is 42.4 Å². The minimum absolute atomic E-state index is 0.164. The van der Waals surface area contributed by atoms with Gasteiger partial charge in [0.05, 0.1) is 31.7 Å². The van der Waals surface area contributed by atoms with Gasteiger partial charge in [-0.15, -0.1) is 0 Å². The summed E-state index contributed by atoms with van der Waals surface area (Å²) in [7, 11) is 0. The Morgan fingerprint density at radius 1 is 1.00 bits per heavy atom. The lowest BCUT2D eigenvalue weighted by molar-refractivity contribution is 0.0342. The van der Waals surface area contributed by atoms with Crippen LogP contribution in [0.25, 0.3) is 11.3 Å². The van der Waals surface area contributed by atoms with Gasteiger partial charge in [0.25, 0.3) is 5.56 Å². The second-order valence-electron chi connectivity index (χ2n) is 8.29. The Morgan fingerprint density at radius 3 is 2.40 bits per heavy atom. The Bertz CT molecular complexity index is 1410. The number of rotatable bonds is 5. The number of aromatic hydroxyl groups is 1. The molecule has 1 fully saturated rings. The quantitative estimate of drug-likeness (QED) is 0.434. The van der Waals surface area contributed by atoms with E-state index in [0.29, 0.717) is 11.5 Å². The van der Waals surface area contributed by atoms with Gasteiger partial charge in [-0.1, -0.05) is 41.3 Å². The first kappa shape index (κ1) is 22.6. The van der Waals surface area contributed by atoms with Crippen LogP contribution >= 0.6 is 0 Å². The molecule has 0 saturated carbocycles. The van der Waals surface area contributed by atoms with Crippen molar-refractivity contribution in [2.75, 3.05) is 26.3 Å². The number of benzene rings is 2. The lowest BCUT2D eigenvalue weighted by Gasteiger charge is -2.26. The van der Waals surface area contributed by atoms with Crippen LogP contribution in [0.3, 0.4) is 0 Å². The van der Waals surface area contributed by atoms with E-state index in [2.05, 4.69) is 56.1 Å². The highest BCUT2D eigenvalue weighted by Crippen LogP contribution is 2.22. The minimum atomic E-state index is -0.588. The van der Waals surface area contributed by atoms with Gasteiger partial charge in [-0.3, -0.25) is 9.69 Å². The van der Waals surface area contributed by atoms with E-state index in [1.54, 1.807) is 6.07 Å². The third-order valence-electron chi connectivity index (χ3n) is 5.80. The van der Waals surface area contributed by atoms with Crippen molar-refractivity contribution < 1.29 is 14.4 Å². The van der Waals surface area contributed by atoms with Gasteiger partial charge in [-0.05, 0) is 29.8 Å². The van der Waals surface area contributed by atoms with E-state index in [0.717, 1.165) is 49.5 Å². The molecule has 1 saturated heterocycles. The maximum atomic E-state index is 11.5. The van der Waals surface area contributed by atoms with Crippen molar-refractivity contribution in [3.05, 3.63) is 99.4 Å². The van der Waals surface area contributed by atoms with Crippen LogP contribution in [-0.4, -0.2) is 51.4 Å². The fraction of sp³-hybridized carbons (Fsp3) is 0.222. The molecule has 0 amide bonds. The zero-order valence-electron chi connectivity index (χ0n) is 19.0. The molecule has 35 heavy (non-hydrogen) atoms. The van der Waals surface area contributed by atoms with Crippen LogP contribution in [-0.2, 0) is 17.7 Å². The SMILES string of the molecule is O=c1[nH]cnc(Cc2cc(-c3ccc(C#Cc4ccc(CN5CCOCC5)cc4)cc3)no2)c1O. The molecule has 176 valence electrons. The van der Waals surface area contributed by atoms with Crippen LogP contribution in [0, 0.1) is 11.8 Å². The van der Waals surface area contributed by atoms with Crippen molar-refractivity contribution >= 4 is 0 Å². The van der Waals surface area contributed by atoms with E-state index < -0.39 is 11.3 Å². The molecule has 1 aliphatic rings. The summed E-state index contributed by atoms with van der Waals surface area (Å²) >= 11 is 0. The fourth-order valence-electron chi connectivity index (χ4n) is 3.84. The number of morpholine rings is 1. The van der Waals surface area contributed by atoms with Crippen LogP contribution in [0.15, 0.2) is 70.2 Å². The predicted molar refractivity (Wildman–Crippen MR) is 130 cm³/mol. The standard InChI is InChI=1S/C27H24N4O4/c32-26-25(28-18-29-27(26)33)16-23-15-24(30-35-23)22-9-7-20(8-10-22)2-1-19-3-5-21(6-4-19)17-31-11-13-34-14-12-31/h3-10,15,18,32H,11-14,16-17H2,(H,28,29,33). The predicted octanol–water partition coefficient (Wildman–Crippen LogP) is 2.95. The third-order valence-corrected chi connectivity index (χ3v) is 5.80. The summed E-state index contributed by atoms with van der Waals surface area (Å²) in [5.41, 5.74) is 4.32. The van der Waals surface area contributed by atoms with Crippen molar-refractivity contribution in [2.24, 2.45) is 0 Å². The van der Waals surface area contributed by atoms with Gasteiger partial charge in [-0.25, -0.2) is 4.98 Å². The van der Waals surface area contributed by atoms with Crippen molar-refractivity contribution in [1.29, 1.82) is 0 Å². The van der Waals surface area contributed by atoms with Gasteiger partial charge < -0.3 is 19.4 Å². The maximum Gasteiger partial charge on any atom is 0.293 e. The van der Waals surface area contributed by atoms with Gasteiger partial charge in [-0.2, -0.15) is 0 Å². The van der Waals surface area contributed by atoms with E-state index in [-0.39, 0.29) is 12.1 Å². The first-order valence-corrected chi connectivity index (χ1v) is 11.4. The van der Waals surface area contributed by atoms with Crippen LogP contribution in [0.4, 0.5) is 0 Å². The fourth-order valence-corrected chi connectivity index (χ4v) is 3.84. The molecule has 2 aromatic carbocycles. The van der Waals surface area contributed by atoms with Crippen LogP contribution in [0.5, 0.6) is 5.75 Å². The lowest BCUT2D eigenvalue weighted by atomic mass is 10.1. The molecule has 0 unspecified atom stereocenters. The van der Waals surface area contributed by atoms with E-state index in [1.807, 2.05) is 24.3 Å². The molecule has 8 nitrogen and oxygen atoms in total. The van der Waals surface area contributed by atoms with Gasteiger partial charge in [0.15, 0.2) is 0 Å². The summed E-state index contributed by atoms with van der Waals surface area (Å²) in [5, 5.41) is 13.9. The Labute approximate surface area is 202 Å². The number of nitrogens with one attached hydrogen (secondary N) is 1. The number of hydrogen-bond acceptors (Lipinski definition) is 7. The molecular weight excluding hydrogens is 444 g/mol. The van der Waals surface area contributed by atoms with Crippen molar-refractivity contribution in [3.8, 4) is 28.8 Å². The highest BCUT2D eigenvalue weighted by Gasteiger charge is 2.13. The average Bonchev–Trinajstić information content (AvgIpc) is 3.36. The van der Waals surface area contributed by atoms with E-state index >= 15 is 0 Å². The average molecular weight is 469 g/mol. The highest BCUT2D eigenvalue weighted by atomic mass is 16.5. The molecule has 3 heterocycles. The van der Waals surface area contributed by atoms with E-state index in [1.165, 1.54) is 11.9 Å². The van der Waals surface area contributed by atoms with Gasteiger partial charge in [0.2, 0.25) is 5.75 Å². The monoisotopic (exact) mass is 468 g/mol. The molecule has 0 radical (unpaired) electrons. The molecule has 8 heteroatoms. The number of ether oxygens (including phenoxy) is 1. The van der Waals surface area contributed by atoms with E-state index in [4.69, 9.17) is 9.26 Å². The molecule has 0 spiro atoms. The molecular formula is C27H24N4O4. The molecule has 2 aromatic heterocycles. The number of nitrogens with zero attached hydrogens (tertiary/aromatic N) is 3. The molecule has 2 N–H and O–H groups in total. The maximum absolute atomic E-state index is 11.5. The minimum Gasteiger partial charge on any atom is -0.502 e. The number of hydrogen-bond donors (Lipinski definition) is 2. The summed E-state index contributed by atoms with van der Waals surface area (Å²) in [4.78, 5) is 20.2. The van der Waals surface area contributed by atoms with Gasteiger partial charge >= 0.3 is 0 Å². The molecule has 4 aromatic rings. The highest BCUT2D eigenvalue weighted by molar-refractivity contribution is 5.60. The molecule has 0 atom stereocenters. The summed E-state index contributed by atoms with van der Waals surface area (Å²) in [6, 6.07) is 17.9. The zero-order chi connectivity index (χ0) is 24.0. The first-order valence-electron chi connectivity index (χ1n) is 11.4. The Morgan fingerprint density at radius 2 is 1.69 bits per heavy atom. The van der Waals surface area contributed by atoms with Crippen molar-refractivity contribution in [2.45, 2.75) is 13.0 Å². The topological polar surface area (TPSA) is 104 Å². The Balaban J connectivity index is 1.21. The van der Waals surface area contributed by atoms with Crippen molar-refractivity contribution in [1.82, 2.24) is 20.0 Å². The summed E-state index contributed by atoms with van der Waals surface area (Å²) in [6.07, 6.45) is 1.41. The number of aromatic nitrogens is 3. The number of aromatic amines is 1. The van der Waals surface area contributed by atoms with Crippen LogP contribution in [0.1, 0.15) is 28.1 Å². The summed E-state index contributed by atoms with van der Waals surface area (Å²) in [6.45, 7) is 4.49. The first-order chi connectivity index (χ1) is 17.1. The summed E-state index contributed by atoms with van der Waals surface area (Å²) in [5.74, 6) is 6.49. The molecule has 5 rings (SSSR count). The molecule has 1 aliphatic heterocycles. The van der Waals surface area contributed by atoms with Gasteiger partial charge in [0.1, 0.15) is 11.5 Å². The smallest absolute Gasteiger partial charge is 0.293 e. The normalized spacial score (nSPS) is 13.8. The Kier molecular flexibility index (Phi) is 6.70. The third kappa shape index (κ3) is 5.66. The van der Waals surface area contributed by atoms with Crippen LogP contribution in [0.2, 0.25) is 0 Å². The zero-order valence-corrected chi connectivity index (χ0v) is 19.0. The summed E-state index contributed by atoms with van der Waals surface area (Å²) < 4.78 is 10.8. The number of H-pyrrole nitrogens is 1.